The Balaban J connectivity index is 2.20. The van der Waals surface area contributed by atoms with Gasteiger partial charge in [-0.25, -0.2) is 4.98 Å². The molecule has 3 rings (SSSR count). The third-order valence-corrected chi connectivity index (χ3v) is 3.31. The van der Waals surface area contributed by atoms with E-state index in [9.17, 15) is 4.79 Å². The molecule has 5 heteroatoms. The molecule has 0 bridgehead atoms. The van der Waals surface area contributed by atoms with Crippen molar-refractivity contribution in [2.24, 2.45) is 0 Å². The molecule has 2 aromatic heterocycles. The highest BCUT2D eigenvalue weighted by molar-refractivity contribution is 7.98. The molecule has 0 atom stereocenters. The monoisotopic (exact) mass is 220 g/mol. The van der Waals surface area contributed by atoms with E-state index in [1.165, 1.54) is 0 Å². The number of aromatic amines is 1. The zero-order valence-corrected chi connectivity index (χ0v) is 8.63. The van der Waals surface area contributed by atoms with Gasteiger partial charge < -0.3 is 9.40 Å². The van der Waals surface area contributed by atoms with Crippen molar-refractivity contribution in [3.63, 3.8) is 0 Å². The highest BCUT2D eigenvalue weighted by atomic mass is 32.2. The first-order chi connectivity index (χ1) is 7.34. The fraction of sp³-hybridized carbons (Fsp3) is 0.200. The number of furan rings is 1. The quantitative estimate of drug-likeness (QED) is 0.795. The van der Waals surface area contributed by atoms with E-state index in [1.807, 2.05) is 0 Å². The van der Waals surface area contributed by atoms with E-state index >= 15 is 0 Å². The van der Waals surface area contributed by atoms with E-state index in [0.29, 0.717) is 11.6 Å². The van der Waals surface area contributed by atoms with Crippen LogP contribution in [-0.2, 0) is 11.5 Å². The van der Waals surface area contributed by atoms with Crippen LogP contribution in [0, 0.1) is 0 Å². The number of aromatic nitrogens is 2. The van der Waals surface area contributed by atoms with E-state index in [2.05, 4.69) is 9.97 Å². The van der Waals surface area contributed by atoms with E-state index < -0.39 is 0 Å². The number of hydrogen-bond donors (Lipinski definition) is 1. The van der Waals surface area contributed by atoms with E-state index in [-0.39, 0.29) is 5.56 Å². The Morgan fingerprint density at radius 2 is 2.40 bits per heavy atom. The van der Waals surface area contributed by atoms with Gasteiger partial charge in [-0.3, -0.25) is 4.79 Å². The largest absolute Gasteiger partial charge is 0.461 e. The summed E-state index contributed by atoms with van der Waals surface area (Å²) in [5, 5.41) is 0. The van der Waals surface area contributed by atoms with Crippen LogP contribution in [-0.4, -0.2) is 9.97 Å². The van der Waals surface area contributed by atoms with Crippen LogP contribution in [0.25, 0.3) is 11.6 Å². The van der Waals surface area contributed by atoms with Crippen LogP contribution in [0.2, 0.25) is 0 Å². The van der Waals surface area contributed by atoms with Gasteiger partial charge in [-0.2, -0.15) is 11.8 Å². The Morgan fingerprint density at radius 3 is 3.20 bits per heavy atom. The second kappa shape index (κ2) is 3.27. The highest BCUT2D eigenvalue weighted by Gasteiger charge is 2.18. The predicted molar refractivity (Wildman–Crippen MR) is 57.6 cm³/mol. The minimum atomic E-state index is -0.0450. The fourth-order valence-corrected chi connectivity index (χ4v) is 2.63. The number of nitrogens with one attached hydrogen (secondary N) is 1. The maximum absolute atomic E-state index is 11.7. The molecule has 0 unspecified atom stereocenters. The molecule has 1 aliphatic heterocycles. The van der Waals surface area contributed by atoms with Crippen LogP contribution in [0.3, 0.4) is 0 Å². The summed E-state index contributed by atoms with van der Waals surface area (Å²) in [7, 11) is 0. The summed E-state index contributed by atoms with van der Waals surface area (Å²) in [4.78, 5) is 18.8. The van der Waals surface area contributed by atoms with Gasteiger partial charge in [0.25, 0.3) is 5.56 Å². The lowest BCUT2D eigenvalue weighted by Crippen LogP contribution is -2.14. The summed E-state index contributed by atoms with van der Waals surface area (Å²) in [5.41, 5.74) is 1.64. The van der Waals surface area contributed by atoms with Crippen molar-refractivity contribution in [2.45, 2.75) is 11.5 Å². The van der Waals surface area contributed by atoms with Crippen LogP contribution in [0.15, 0.2) is 27.6 Å². The first kappa shape index (κ1) is 8.79. The Bertz CT molecular complexity index is 545. The summed E-state index contributed by atoms with van der Waals surface area (Å²) in [6.45, 7) is 0. The summed E-state index contributed by atoms with van der Waals surface area (Å²) in [5.74, 6) is 2.70. The number of rotatable bonds is 1. The highest BCUT2D eigenvalue weighted by Crippen LogP contribution is 2.26. The predicted octanol–water partition coefficient (Wildman–Crippen LogP) is 1.78. The van der Waals surface area contributed by atoms with E-state index in [0.717, 1.165) is 22.8 Å². The Kier molecular flexibility index (Phi) is 1.92. The molecule has 1 aliphatic rings. The van der Waals surface area contributed by atoms with Gasteiger partial charge in [0.1, 0.15) is 0 Å². The third kappa shape index (κ3) is 1.39. The minimum absolute atomic E-state index is 0.0450. The summed E-state index contributed by atoms with van der Waals surface area (Å²) >= 11 is 1.71. The molecule has 15 heavy (non-hydrogen) atoms. The molecule has 2 aromatic rings. The molecule has 0 fully saturated rings. The van der Waals surface area contributed by atoms with Crippen LogP contribution in [0.4, 0.5) is 0 Å². The average molecular weight is 220 g/mol. The molecule has 3 heterocycles. The Hall–Kier alpha value is -1.49. The van der Waals surface area contributed by atoms with E-state index in [1.54, 1.807) is 30.2 Å². The second-order valence-corrected chi connectivity index (χ2v) is 4.30. The summed E-state index contributed by atoms with van der Waals surface area (Å²) in [6.07, 6.45) is 1.57. The van der Waals surface area contributed by atoms with Crippen molar-refractivity contribution in [2.75, 3.05) is 0 Å². The van der Waals surface area contributed by atoms with Crippen molar-refractivity contribution in [3.05, 3.63) is 40.0 Å². The first-order valence-electron chi connectivity index (χ1n) is 4.58. The number of fused-ring (bicyclic) bond motifs is 1. The van der Waals surface area contributed by atoms with Crippen LogP contribution in [0.5, 0.6) is 0 Å². The van der Waals surface area contributed by atoms with Gasteiger partial charge in [0.2, 0.25) is 0 Å². The minimum Gasteiger partial charge on any atom is -0.461 e. The van der Waals surface area contributed by atoms with Gasteiger partial charge in [-0.05, 0) is 12.1 Å². The van der Waals surface area contributed by atoms with Crippen molar-refractivity contribution in [3.8, 4) is 11.6 Å². The Labute approximate surface area is 89.7 Å². The van der Waals surface area contributed by atoms with E-state index in [4.69, 9.17) is 4.42 Å². The van der Waals surface area contributed by atoms with Gasteiger partial charge >= 0.3 is 0 Å². The van der Waals surface area contributed by atoms with Gasteiger partial charge in [-0.15, -0.1) is 0 Å². The smallest absolute Gasteiger partial charge is 0.255 e. The molecule has 0 aliphatic carbocycles. The normalized spacial score (nSPS) is 14.1. The lowest BCUT2D eigenvalue weighted by Gasteiger charge is -1.99. The molecule has 76 valence electrons. The molecule has 0 spiro atoms. The van der Waals surface area contributed by atoms with Gasteiger partial charge in [0.05, 0.1) is 12.0 Å². The van der Waals surface area contributed by atoms with Gasteiger partial charge in [0, 0.05) is 17.1 Å². The topological polar surface area (TPSA) is 58.9 Å². The summed E-state index contributed by atoms with van der Waals surface area (Å²) in [6, 6.07) is 3.56. The van der Waals surface area contributed by atoms with Crippen molar-refractivity contribution in [1.82, 2.24) is 9.97 Å². The molecule has 0 aromatic carbocycles. The number of thioether (sulfide) groups is 1. The maximum Gasteiger partial charge on any atom is 0.255 e. The maximum atomic E-state index is 11.7. The van der Waals surface area contributed by atoms with Crippen molar-refractivity contribution >= 4 is 11.8 Å². The first-order valence-corrected chi connectivity index (χ1v) is 5.74. The molecule has 0 amide bonds. The zero-order valence-electron chi connectivity index (χ0n) is 7.82. The Morgan fingerprint density at radius 1 is 1.47 bits per heavy atom. The third-order valence-electron chi connectivity index (χ3n) is 2.34. The lowest BCUT2D eigenvalue weighted by molar-refractivity contribution is 0.576. The van der Waals surface area contributed by atoms with Gasteiger partial charge in [0.15, 0.2) is 11.6 Å². The molecule has 0 saturated carbocycles. The molecule has 0 saturated heterocycles. The SMILES string of the molecule is O=c1[nH]c(-c2ccco2)nc2c1CSC2. The lowest BCUT2D eigenvalue weighted by atomic mass is 10.2. The summed E-state index contributed by atoms with van der Waals surface area (Å²) < 4.78 is 5.19. The number of H-pyrrole nitrogens is 1. The zero-order chi connectivity index (χ0) is 10.3. The number of nitrogens with zero attached hydrogens (tertiary/aromatic N) is 1. The van der Waals surface area contributed by atoms with Crippen molar-refractivity contribution in [1.29, 1.82) is 0 Å². The molecular formula is C10H8N2O2S. The molecule has 4 nitrogen and oxygen atoms in total. The standard InChI is InChI=1S/C10H8N2O2S/c13-10-6-4-15-5-7(6)11-9(12-10)8-2-1-3-14-8/h1-3H,4-5H2,(H,11,12,13). The van der Waals surface area contributed by atoms with Crippen molar-refractivity contribution < 1.29 is 4.42 Å². The van der Waals surface area contributed by atoms with Crippen LogP contribution < -0.4 is 5.56 Å². The number of hydrogen-bond acceptors (Lipinski definition) is 4. The molecular weight excluding hydrogens is 212 g/mol. The molecule has 0 radical (unpaired) electrons. The van der Waals surface area contributed by atoms with Crippen LogP contribution in [0.1, 0.15) is 11.3 Å². The van der Waals surface area contributed by atoms with Gasteiger partial charge in [-0.1, -0.05) is 0 Å². The second-order valence-electron chi connectivity index (χ2n) is 3.31. The molecule has 1 N–H and O–H groups in total. The average Bonchev–Trinajstić information content (AvgIpc) is 2.88. The fourth-order valence-electron chi connectivity index (χ4n) is 1.59. The van der Waals surface area contributed by atoms with Crippen LogP contribution >= 0.6 is 11.8 Å².